The van der Waals surface area contributed by atoms with Gasteiger partial charge in [0.25, 0.3) is 0 Å². The van der Waals surface area contributed by atoms with Gasteiger partial charge in [-0.1, -0.05) is 0 Å². The van der Waals surface area contributed by atoms with Crippen molar-refractivity contribution in [3.8, 4) is 0 Å². The molecule has 2 aromatic rings. The minimum absolute atomic E-state index is 0.145. The summed E-state index contributed by atoms with van der Waals surface area (Å²) < 4.78 is 1.21. The van der Waals surface area contributed by atoms with Gasteiger partial charge in [0.1, 0.15) is 0 Å². The molecular formula is C8H6O2S2. The van der Waals surface area contributed by atoms with Gasteiger partial charge in [0.05, 0.1) is 10.4 Å². The fourth-order valence-electron chi connectivity index (χ4n) is 1.05. The van der Waals surface area contributed by atoms with Gasteiger partial charge in [-0.2, -0.15) is 0 Å². The largest absolute Gasteiger partial charge is 0.481 e. The molecule has 0 spiro atoms. The van der Waals surface area contributed by atoms with Crippen molar-refractivity contribution in [1.82, 2.24) is 0 Å². The van der Waals surface area contributed by atoms with Crippen LogP contribution in [0.4, 0.5) is 0 Å². The maximum atomic E-state index is 10.4. The molecule has 1 N–H and O–H groups in total. The SMILES string of the molecule is O=C(O)Cc1cc2ccsc2s1. The molecule has 0 aliphatic carbocycles. The molecule has 2 rings (SSSR count). The number of hydrogen-bond donors (Lipinski definition) is 1. The number of carboxylic acid groups (broad SMARTS) is 1. The highest BCUT2D eigenvalue weighted by molar-refractivity contribution is 7.37. The van der Waals surface area contributed by atoms with Crippen LogP contribution < -0.4 is 0 Å². The first kappa shape index (κ1) is 7.76. The smallest absolute Gasteiger partial charge is 0.308 e. The van der Waals surface area contributed by atoms with Crippen molar-refractivity contribution in [3.63, 3.8) is 0 Å². The summed E-state index contributed by atoms with van der Waals surface area (Å²) in [6, 6.07) is 3.96. The Morgan fingerprint density at radius 3 is 3.08 bits per heavy atom. The van der Waals surface area contributed by atoms with Crippen molar-refractivity contribution in [2.24, 2.45) is 0 Å². The van der Waals surface area contributed by atoms with E-state index in [1.165, 1.54) is 9.40 Å². The number of hydrogen-bond acceptors (Lipinski definition) is 3. The molecule has 2 heterocycles. The second kappa shape index (κ2) is 2.88. The quantitative estimate of drug-likeness (QED) is 0.805. The first-order valence-electron chi connectivity index (χ1n) is 3.43. The normalized spacial score (nSPS) is 10.7. The van der Waals surface area contributed by atoms with Crippen LogP contribution in [0.25, 0.3) is 9.40 Å². The summed E-state index contributed by atoms with van der Waals surface area (Å²) in [5.41, 5.74) is 0. The van der Waals surface area contributed by atoms with E-state index in [1.807, 2.05) is 17.5 Å². The molecule has 62 valence electrons. The van der Waals surface area contributed by atoms with Gasteiger partial charge < -0.3 is 5.11 Å². The molecule has 0 unspecified atom stereocenters. The maximum Gasteiger partial charge on any atom is 0.308 e. The fourth-order valence-corrected chi connectivity index (χ4v) is 3.20. The Kier molecular flexibility index (Phi) is 1.86. The highest BCUT2D eigenvalue weighted by atomic mass is 32.2. The third-order valence-electron chi connectivity index (χ3n) is 1.52. The minimum Gasteiger partial charge on any atom is -0.481 e. The van der Waals surface area contributed by atoms with Crippen LogP contribution in [0.2, 0.25) is 0 Å². The summed E-state index contributed by atoms with van der Waals surface area (Å²) in [4.78, 5) is 11.3. The molecule has 0 aromatic carbocycles. The lowest BCUT2D eigenvalue weighted by Crippen LogP contribution is -1.96. The van der Waals surface area contributed by atoms with E-state index in [4.69, 9.17) is 5.11 Å². The van der Waals surface area contributed by atoms with Crippen LogP contribution in [-0.4, -0.2) is 11.1 Å². The van der Waals surface area contributed by atoms with E-state index in [0.717, 1.165) is 4.88 Å². The fraction of sp³-hybridized carbons (Fsp3) is 0.125. The molecule has 0 radical (unpaired) electrons. The van der Waals surface area contributed by atoms with Crippen molar-refractivity contribution in [2.45, 2.75) is 6.42 Å². The summed E-state index contributed by atoms with van der Waals surface area (Å²) >= 11 is 3.23. The topological polar surface area (TPSA) is 37.3 Å². The van der Waals surface area contributed by atoms with Gasteiger partial charge in [-0.05, 0) is 17.5 Å². The molecule has 0 aliphatic rings. The molecule has 0 fully saturated rings. The third kappa shape index (κ3) is 1.35. The number of aliphatic carboxylic acids is 1. The Morgan fingerprint density at radius 1 is 1.58 bits per heavy atom. The van der Waals surface area contributed by atoms with Gasteiger partial charge in [0.15, 0.2) is 0 Å². The Hall–Kier alpha value is -0.870. The summed E-state index contributed by atoms with van der Waals surface area (Å²) in [5.74, 6) is -0.760. The van der Waals surface area contributed by atoms with Crippen molar-refractivity contribution >= 4 is 38.0 Å². The summed E-state index contributed by atoms with van der Waals surface area (Å²) in [7, 11) is 0. The van der Waals surface area contributed by atoms with E-state index in [-0.39, 0.29) is 6.42 Å². The van der Waals surface area contributed by atoms with Crippen molar-refractivity contribution in [2.75, 3.05) is 0 Å². The summed E-state index contributed by atoms with van der Waals surface area (Å²) in [6.07, 6.45) is 0.145. The Bertz CT molecular complexity index is 385. The van der Waals surface area contributed by atoms with Gasteiger partial charge in [-0.25, -0.2) is 0 Å². The average molecular weight is 198 g/mol. The van der Waals surface area contributed by atoms with Crippen LogP contribution in [0.15, 0.2) is 17.5 Å². The monoisotopic (exact) mass is 198 g/mol. The molecule has 0 saturated heterocycles. The Balaban J connectivity index is 2.38. The lowest BCUT2D eigenvalue weighted by molar-refractivity contribution is -0.136. The number of fused-ring (bicyclic) bond motifs is 1. The average Bonchev–Trinajstić information content (AvgIpc) is 2.43. The molecular weight excluding hydrogens is 192 g/mol. The van der Waals surface area contributed by atoms with Crippen molar-refractivity contribution in [3.05, 3.63) is 22.4 Å². The lowest BCUT2D eigenvalue weighted by Gasteiger charge is -1.85. The summed E-state index contributed by atoms with van der Waals surface area (Å²) in [6.45, 7) is 0. The Labute approximate surface area is 77.1 Å². The molecule has 0 atom stereocenters. The van der Waals surface area contributed by atoms with Gasteiger partial charge >= 0.3 is 5.97 Å². The number of rotatable bonds is 2. The molecule has 2 nitrogen and oxygen atoms in total. The maximum absolute atomic E-state index is 10.4. The molecule has 4 heteroatoms. The molecule has 0 saturated carbocycles. The first-order valence-corrected chi connectivity index (χ1v) is 5.13. The molecule has 0 aliphatic heterocycles. The summed E-state index contributed by atoms with van der Waals surface area (Å²) in [5, 5.41) is 11.7. The van der Waals surface area contributed by atoms with Gasteiger partial charge in [0, 0.05) is 10.3 Å². The van der Waals surface area contributed by atoms with Crippen LogP contribution >= 0.6 is 22.7 Å². The van der Waals surface area contributed by atoms with E-state index >= 15 is 0 Å². The number of thiophene rings is 2. The predicted molar refractivity (Wildman–Crippen MR) is 51.0 cm³/mol. The second-order valence-corrected chi connectivity index (χ2v) is 4.76. The molecule has 0 bridgehead atoms. The van der Waals surface area contributed by atoms with Gasteiger partial charge in [-0.3, -0.25) is 4.79 Å². The van der Waals surface area contributed by atoms with E-state index in [2.05, 4.69) is 0 Å². The standard InChI is InChI=1S/C8H6O2S2/c9-7(10)4-6-3-5-1-2-11-8(5)12-6/h1-3H,4H2,(H,9,10). The predicted octanol–water partition coefficient (Wildman–Crippen LogP) is 2.59. The van der Waals surface area contributed by atoms with Gasteiger partial charge in [-0.15, -0.1) is 22.7 Å². The highest BCUT2D eigenvalue weighted by Crippen LogP contribution is 2.30. The van der Waals surface area contributed by atoms with Gasteiger partial charge in [0.2, 0.25) is 0 Å². The van der Waals surface area contributed by atoms with Crippen LogP contribution in [0, 0.1) is 0 Å². The van der Waals surface area contributed by atoms with Crippen LogP contribution in [0.3, 0.4) is 0 Å². The molecule has 12 heavy (non-hydrogen) atoms. The third-order valence-corrected chi connectivity index (χ3v) is 3.73. The minimum atomic E-state index is -0.760. The van der Waals surface area contributed by atoms with Crippen LogP contribution in [-0.2, 0) is 11.2 Å². The van der Waals surface area contributed by atoms with E-state index in [1.54, 1.807) is 22.7 Å². The van der Waals surface area contributed by atoms with Crippen LogP contribution in [0.5, 0.6) is 0 Å². The van der Waals surface area contributed by atoms with E-state index < -0.39 is 5.97 Å². The van der Waals surface area contributed by atoms with E-state index in [0.29, 0.717) is 0 Å². The zero-order valence-electron chi connectivity index (χ0n) is 6.11. The Morgan fingerprint density at radius 2 is 2.42 bits per heavy atom. The number of carboxylic acids is 1. The molecule has 2 aromatic heterocycles. The zero-order chi connectivity index (χ0) is 8.55. The van der Waals surface area contributed by atoms with E-state index in [9.17, 15) is 4.79 Å². The first-order chi connectivity index (χ1) is 5.75. The van der Waals surface area contributed by atoms with Crippen molar-refractivity contribution in [1.29, 1.82) is 0 Å². The second-order valence-electron chi connectivity index (χ2n) is 2.45. The number of carbonyl (C=O) groups is 1. The molecule has 0 amide bonds. The van der Waals surface area contributed by atoms with Crippen molar-refractivity contribution < 1.29 is 9.90 Å². The lowest BCUT2D eigenvalue weighted by atomic mass is 10.3. The highest BCUT2D eigenvalue weighted by Gasteiger charge is 2.05. The zero-order valence-corrected chi connectivity index (χ0v) is 7.74. The van der Waals surface area contributed by atoms with Crippen LogP contribution in [0.1, 0.15) is 4.88 Å².